The van der Waals surface area contributed by atoms with Crippen LogP contribution in [0.1, 0.15) is 13.8 Å². The Balaban J connectivity index is 3.17. The molecule has 0 heterocycles. The van der Waals surface area contributed by atoms with Gasteiger partial charge < -0.3 is 10.6 Å². The molecule has 0 atom stereocenters. The zero-order valence-electron chi connectivity index (χ0n) is 7.18. The number of amides is 1. The number of hydrogen-bond donors (Lipinski definition) is 2. The van der Waals surface area contributed by atoms with Gasteiger partial charge >= 0.3 is 0 Å². The van der Waals surface area contributed by atoms with Crippen LogP contribution in [0.5, 0.6) is 0 Å². The molecule has 0 aromatic carbocycles. The Labute approximate surface area is 67.9 Å². The van der Waals surface area contributed by atoms with Crippen LogP contribution in [0.4, 0.5) is 0 Å². The second-order valence-corrected chi connectivity index (χ2v) is 2.15. The lowest BCUT2D eigenvalue weighted by atomic mass is 10.5. The van der Waals surface area contributed by atoms with Crippen molar-refractivity contribution in [3.63, 3.8) is 0 Å². The van der Waals surface area contributed by atoms with Gasteiger partial charge in [-0.25, -0.2) is 0 Å². The topological polar surface area (TPSA) is 41.1 Å². The molecular weight excluding hydrogens is 140 g/mol. The van der Waals surface area contributed by atoms with Crippen molar-refractivity contribution >= 4 is 5.91 Å². The third-order valence-corrected chi connectivity index (χ3v) is 1.16. The van der Waals surface area contributed by atoms with Crippen LogP contribution >= 0.6 is 0 Å². The molecule has 0 aliphatic heterocycles. The summed E-state index contributed by atoms with van der Waals surface area (Å²) >= 11 is 0. The van der Waals surface area contributed by atoms with Gasteiger partial charge in [-0.15, -0.1) is 0 Å². The number of carbonyl (C=O) groups excluding carboxylic acids is 1. The highest BCUT2D eigenvalue weighted by Crippen LogP contribution is 1.67. The molecule has 2 N–H and O–H groups in total. The fourth-order valence-corrected chi connectivity index (χ4v) is 0.647. The van der Waals surface area contributed by atoms with E-state index in [-0.39, 0.29) is 5.91 Å². The number of carbonyl (C=O) groups is 1. The van der Waals surface area contributed by atoms with Crippen molar-refractivity contribution in [3.8, 4) is 0 Å². The van der Waals surface area contributed by atoms with E-state index in [1.807, 2.05) is 26.0 Å². The van der Waals surface area contributed by atoms with Crippen LogP contribution < -0.4 is 10.6 Å². The monoisotopic (exact) mass is 156 g/mol. The molecule has 3 nitrogen and oxygen atoms in total. The highest BCUT2D eigenvalue weighted by Gasteiger charge is 1.94. The average molecular weight is 156 g/mol. The Kier molecular flexibility index (Phi) is 6.73. The van der Waals surface area contributed by atoms with Gasteiger partial charge in [0.05, 0.1) is 6.54 Å². The van der Waals surface area contributed by atoms with Crippen LogP contribution in [-0.4, -0.2) is 25.5 Å². The van der Waals surface area contributed by atoms with Crippen LogP contribution in [-0.2, 0) is 4.79 Å². The molecule has 0 aromatic rings. The second kappa shape index (κ2) is 7.28. The number of allylic oxidation sites excluding steroid dienone is 1. The molecule has 0 aromatic heterocycles. The zero-order chi connectivity index (χ0) is 8.53. The van der Waals surface area contributed by atoms with Crippen molar-refractivity contribution < 1.29 is 4.79 Å². The maximum atomic E-state index is 10.8. The van der Waals surface area contributed by atoms with E-state index in [0.29, 0.717) is 13.1 Å². The van der Waals surface area contributed by atoms with Crippen LogP contribution in [0.15, 0.2) is 12.2 Å². The molecule has 1 amide bonds. The van der Waals surface area contributed by atoms with Gasteiger partial charge in [0, 0.05) is 13.1 Å². The van der Waals surface area contributed by atoms with Gasteiger partial charge in [-0.3, -0.25) is 4.79 Å². The SMILES string of the molecule is C/C=C/CNCC(=O)NCC. The van der Waals surface area contributed by atoms with Gasteiger partial charge in [-0.05, 0) is 13.8 Å². The Morgan fingerprint density at radius 3 is 2.82 bits per heavy atom. The molecule has 0 saturated carbocycles. The van der Waals surface area contributed by atoms with Crippen molar-refractivity contribution in [2.75, 3.05) is 19.6 Å². The summed E-state index contributed by atoms with van der Waals surface area (Å²) in [4.78, 5) is 10.8. The van der Waals surface area contributed by atoms with Gasteiger partial charge in [-0.2, -0.15) is 0 Å². The van der Waals surface area contributed by atoms with Crippen LogP contribution in [0.25, 0.3) is 0 Å². The van der Waals surface area contributed by atoms with E-state index in [1.165, 1.54) is 0 Å². The fourth-order valence-electron chi connectivity index (χ4n) is 0.647. The highest BCUT2D eigenvalue weighted by atomic mass is 16.1. The Morgan fingerprint density at radius 2 is 2.27 bits per heavy atom. The number of nitrogens with one attached hydrogen (secondary N) is 2. The zero-order valence-corrected chi connectivity index (χ0v) is 7.18. The van der Waals surface area contributed by atoms with Gasteiger partial charge in [0.15, 0.2) is 0 Å². The van der Waals surface area contributed by atoms with Gasteiger partial charge in [0.1, 0.15) is 0 Å². The predicted molar refractivity (Wildman–Crippen MR) is 46.4 cm³/mol. The molecule has 0 aliphatic rings. The molecule has 0 aliphatic carbocycles. The summed E-state index contributed by atoms with van der Waals surface area (Å²) in [6, 6.07) is 0. The largest absolute Gasteiger partial charge is 0.355 e. The first-order valence-corrected chi connectivity index (χ1v) is 3.89. The number of likely N-dealkylation sites (N-methyl/N-ethyl adjacent to an activating group) is 1. The highest BCUT2D eigenvalue weighted by molar-refractivity contribution is 5.77. The summed E-state index contributed by atoms with van der Waals surface area (Å²) in [5.41, 5.74) is 0. The summed E-state index contributed by atoms with van der Waals surface area (Å²) in [6.07, 6.45) is 3.92. The molecule has 0 saturated heterocycles. The minimum absolute atomic E-state index is 0.0528. The van der Waals surface area contributed by atoms with Gasteiger partial charge in [-0.1, -0.05) is 12.2 Å². The lowest BCUT2D eigenvalue weighted by Gasteiger charge is -2.01. The normalized spacial score (nSPS) is 10.4. The van der Waals surface area contributed by atoms with E-state index in [1.54, 1.807) is 0 Å². The van der Waals surface area contributed by atoms with E-state index >= 15 is 0 Å². The van der Waals surface area contributed by atoms with E-state index in [4.69, 9.17) is 0 Å². The van der Waals surface area contributed by atoms with E-state index < -0.39 is 0 Å². The summed E-state index contributed by atoms with van der Waals surface area (Å²) in [5, 5.41) is 5.67. The Bertz CT molecular complexity index is 132. The second-order valence-electron chi connectivity index (χ2n) is 2.15. The maximum absolute atomic E-state index is 10.8. The molecule has 3 heteroatoms. The van der Waals surface area contributed by atoms with Crippen molar-refractivity contribution in [1.82, 2.24) is 10.6 Å². The molecule has 0 rings (SSSR count). The van der Waals surface area contributed by atoms with Crippen molar-refractivity contribution in [2.24, 2.45) is 0 Å². The standard InChI is InChI=1S/C8H16N2O/c1-3-5-6-9-7-8(11)10-4-2/h3,5,9H,4,6-7H2,1-2H3,(H,10,11)/b5-3+. The molecule has 0 fully saturated rings. The Morgan fingerprint density at radius 1 is 1.55 bits per heavy atom. The van der Waals surface area contributed by atoms with Crippen molar-refractivity contribution in [2.45, 2.75) is 13.8 Å². The van der Waals surface area contributed by atoms with E-state index in [0.717, 1.165) is 6.54 Å². The summed E-state index contributed by atoms with van der Waals surface area (Å²) in [6.45, 7) is 5.72. The first kappa shape index (κ1) is 10.2. The average Bonchev–Trinajstić information content (AvgIpc) is 1.99. The first-order chi connectivity index (χ1) is 5.31. The Hall–Kier alpha value is -0.830. The molecule has 0 unspecified atom stereocenters. The van der Waals surface area contributed by atoms with Crippen molar-refractivity contribution in [1.29, 1.82) is 0 Å². The van der Waals surface area contributed by atoms with Crippen LogP contribution in [0, 0.1) is 0 Å². The summed E-state index contributed by atoms with van der Waals surface area (Å²) in [7, 11) is 0. The molecular formula is C8H16N2O. The van der Waals surface area contributed by atoms with Crippen LogP contribution in [0.3, 0.4) is 0 Å². The lowest BCUT2D eigenvalue weighted by Crippen LogP contribution is -2.33. The molecule has 0 bridgehead atoms. The van der Waals surface area contributed by atoms with Crippen molar-refractivity contribution in [3.05, 3.63) is 12.2 Å². The van der Waals surface area contributed by atoms with Crippen LogP contribution in [0.2, 0.25) is 0 Å². The summed E-state index contributed by atoms with van der Waals surface area (Å²) < 4.78 is 0. The predicted octanol–water partition coefficient (Wildman–Crippen LogP) is 0.288. The minimum atomic E-state index is 0.0528. The fraction of sp³-hybridized carbons (Fsp3) is 0.625. The summed E-state index contributed by atoms with van der Waals surface area (Å²) in [5.74, 6) is 0.0528. The third kappa shape index (κ3) is 7.06. The number of rotatable bonds is 5. The lowest BCUT2D eigenvalue weighted by molar-refractivity contribution is -0.120. The first-order valence-electron chi connectivity index (χ1n) is 3.89. The number of hydrogen-bond acceptors (Lipinski definition) is 2. The third-order valence-electron chi connectivity index (χ3n) is 1.16. The molecule has 11 heavy (non-hydrogen) atoms. The minimum Gasteiger partial charge on any atom is -0.355 e. The molecule has 0 radical (unpaired) electrons. The van der Waals surface area contributed by atoms with E-state index in [9.17, 15) is 4.79 Å². The molecule has 0 spiro atoms. The maximum Gasteiger partial charge on any atom is 0.233 e. The smallest absolute Gasteiger partial charge is 0.233 e. The van der Waals surface area contributed by atoms with Gasteiger partial charge in [0.25, 0.3) is 0 Å². The molecule has 64 valence electrons. The van der Waals surface area contributed by atoms with Gasteiger partial charge in [0.2, 0.25) is 5.91 Å². The van der Waals surface area contributed by atoms with E-state index in [2.05, 4.69) is 10.6 Å². The quantitative estimate of drug-likeness (QED) is 0.443.